The third kappa shape index (κ3) is 5.25. The second-order valence-electron chi connectivity index (χ2n) is 6.36. The predicted octanol–water partition coefficient (Wildman–Crippen LogP) is 3.83. The molecule has 0 aliphatic carbocycles. The topological polar surface area (TPSA) is 78.8 Å². The van der Waals surface area contributed by atoms with Gasteiger partial charge in [-0.05, 0) is 55.2 Å². The first kappa shape index (κ1) is 22.2. The van der Waals surface area contributed by atoms with Gasteiger partial charge in [0, 0.05) is 0 Å². The van der Waals surface area contributed by atoms with Gasteiger partial charge in [0.2, 0.25) is 10.0 Å². The summed E-state index contributed by atoms with van der Waals surface area (Å²) >= 11 is 12.1. The minimum atomic E-state index is -3.77. The zero-order valence-corrected chi connectivity index (χ0v) is 18.3. The number of halogens is 2. The minimum Gasteiger partial charge on any atom is -0.271 e. The van der Waals surface area contributed by atoms with Crippen molar-refractivity contribution in [3.8, 4) is 0 Å². The molecule has 0 aliphatic heterocycles. The molecule has 6 nitrogen and oxygen atoms in total. The second kappa shape index (κ2) is 8.94. The summed E-state index contributed by atoms with van der Waals surface area (Å²) in [6.45, 7) is 5.52. The molecule has 0 radical (unpaired) electrons. The molecule has 0 atom stereocenters. The van der Waals surface area contributed by atoms with E-state index in [1.54, 1.807) is 6.07 Å². The van der Waals surface area contributed by atoms with Gasteiger partial charge in [-0.25, -0.2) is 13.8 Å². The molecule has 28 heavy (non-hydrogen) atoms. The third-order valence-corrected chi connectivity index (χ3v) is 6.32. The number of carbonyl (C=O) groups is 1. The highest BCUT2D eigenvalue weighted by Gasteiger charge is 2.23. The number of hydrogen-bond acceptors (Lipinski definition) is 4. The van der Waals surface area contributed by atoms with Gasteiger partial charge in [-0.2, -0.15) is 5.10 Å². The maximum absolute atomic E-state index is 12.3. The summed E-state index contributed by atoms with van der Waals surface area (Å²) in [5.74, 6) is -0.612. The molecule has 9 heteroatoms. The molecule has 0 fully saturated rings. The van der Waals surface area contributed by atoms with Crippen LogP contribution < -0.4 is 9.73 Å². The number of hydrogen-bond donors (Lipinski definition) is 1. The van der Waals surface area contributed by atoms with Crippen LogP contribution in [0, 0.1) is 20.8 Å². The van der Waals surface area contributed by atoms with Crippen molar-refractivity contribution in [1.82, 2.24) is 5.43 Å². The van der Waals surface area contributed by atoms with Crippen molar-refractivity contribution in [2.75, 3.05) is 17.1 Å². The van der Waals surface area contributed by atoms with Gasteiger partial charge in [0.1, 0.15) is 6.54 Å². The smallest absolute Gasteiger partial charge is 0.260 e. The maximum Gasteiger partial charge on any atom is 0.260 e. The van der Waals surface area contributed by atoms with E-state index in [1.165, 1.54) is 23.9 Å². The molecule has 0 unspecified atom stereocenters. The molecule has 2 aromatic carbocycles. The van der Waals surface area contributed by atoms with Crippen molar-refractivity contribution in [2.45, 2.75) is 20.8 Å². The Morgan fingerprint density at radius 3 is 2.46 bits per heavy atom. The number of nitrogens with zero attached hydrogens (tertiary/aromatic N) is 2. The molecule has 1 N–H and O–H groups in total. The highest BCUT2D eigenvalue weighted by molar-refractivity contribution is 7.92. The lowest BCUT2D eigenvalue weighted by molar-refractivity contribution is -0.119. The van der Waals surface area contributed by atoms with Crippen LogP contribution in [0.4, 0.5) is 5.69 Å². The molecule has 0 spiro atoms. The number of nitrogens with one attached hydrogen (secondary N) is 1. The molecule has 0 aromatic heterocycles. The van der Waals surface area contributed by atoms with Crippen molar-refractivity contribution in [3.05, 3.63) is 62.6 Å². The number of anilines is 1. The van der Waals surface area contributed by atoms with Crippen LogP contribution in [0.5, 0.6) is 0 Å². The normalized spacial score (nSPS) is 11.6. The van der Waals surface area contributed by atoms with Crippen molar-refractivity contribution in [3.63, 3.8) is 0 Å². The number of hydrazone groups is 1. The molecule has 0 heterocycles. The van der Waals surface area contributed by atoms with E-state index in [-0.39, 0.29) is 15.7 Å². The van der Waals surface area contributed by atoms with E-state index in [2.05, 4.69) is 10.5 Å². The quantitative estimate of drug-likeness (QED) is 0.546. The summed E-state index contributed by atoms with van der Waals surface area (Å²) in [6, 6.07) is 8.44. The predicted molar refractivity (Wildman–Crippen MR) is 115 cm³/mol. The van der Waals surface area contributed by atoms with E-state index in [0.29, 0.717) is 0 Å². The summed E-state index contributed by atoms with van der Waals surface area (Å²) in [5.41, 5.74) is 6.71. The van der Waals surface area contributed by atoms with E-state index in [1.807, 2.05) is 32.9 Å². The van der Waals surface area contributed by atoms with Gasteiger partial charge in [0.05, 0.1) is 28.2 Å². The molecule has 0 bridgehead atoms. The Morgan fingerprint density at radius 2 is 1.82 bits per heavy atom. The average molecular weight is 442 g/mol. The Kier molecular flexibility index (Phi) is 7.09. The molecule has 0 aliphatic rings. The molecule has 0 saturated carbocycles. The first-order chi connectivity index (χ1) is 13.0. The Balaban J connectivity index is 2.17. The highest BCUT2D eigenvalue weighted by atomic mass is 35.5. The summed E-state index contributed by atoms with van der Waals surface area (Å²) in [6.07, 6.45) is 2.51. The number of carbonyl (C=O) groups excluding carboxylic acids is 1. The van der Waals surface area contributed by atoms with Crippen LogP contribution in [0.3, 0.4) is 0 Å². The average Bonchev–Trinajstić information content (AvgIpc) is 2.61. The number of amides is 1. The summed E-state index contributed by atoms with van der Waals surface area (Å²) in [4.78, 5) is 12.3. The van der Waals surface area contributed by atoms with Crippen LogP contribution >= 0.6 is 23.2 Å². The fourth-order valence-corrected chi connectivity index (χ4v) is 3.83. The molecule has 2 rings (SSSR count). The fraction of sp³-hybridized carbons (Fsp3) is 0.263. The lowest BCUT2D eigenvalue weighted by Crippen LogP contribution is -2.39. The molecular formula is C19H21Cl2N3O3S. The molecule has 150 valence electrons. The van der Waals surface area contributed by atoms with Crippen LogP contribution in [0.15, 0.2) is 35.4 Å². The van der Waals surface area contributed by atoms with Crippen molar-refractivity contribution in [2.24, 2.45) is 5.10 Å². The summed E-state index contributed by atoms with van der Waals surface area (Å²) in [7, 11) is -3.77. The van der Waals surface area contributed by atoms with Crippen LogP contribution in [-0.4, -0.2) is 33.3 Å². The van der Waals surface area contributed by atoms with E-state index >= 15 is 0 Å². The van der Waals surface area contributed by atoms with Crippen LogP contribution in [0.2, 0.25) is 10.0 Å². The zero-order chi connectivity index (χ0) is 21.1. The Hall–Kier alpha value is -2.09. The van der Waals surface area contributed by atoms with Gasteiger partial charge < -0.3 is 0 Å². The number of aryl methyl sites for hydroxylation is 1. The monoisotopic (exact) mass is 441 g/mol. The largest absolute Gasteiger partial charge is 0.271 e. The van der Waals surface area contributed by atoms with Crippen molar-refractivity contribution in [1.29, 1.82) is 0 Å². The number of benzene rings is 2. The van der Waals surface area contributed by atoms with Gasteiger partial charge in [0.25, 0.3) is 5.91 Å². The zero-order valence-electron chi connectivity index (χ0n) is 16.0. The number of rotatable bonds is 6. The number of sulfonamides is 1. The van der Waals surface area contributed by atoms with E-state index in [0.717, 1.165) is 27.3 Å². The second-order valence-corrected chi connectivity index (χ2v) is 9.05. The minimum absolute atomic E-state index is 0.0525. The Bertz CT molecular complexity index is 1040. The van der Waals surface area contributed by atoms with Crippen molar-refractivity contribution < 1.29 is 13.2 Å². The summed E-state index contributed by atoms with van der Waals surface area (Å²) in [5, 5.41) is 4.18. The lowest BCUT2D eigenvalue weighted by atomic mass is 10.00. The maximum atomic E-state index is 12.3. The molecule has 1 amide bonds. The van der Waals surface area contributed by atoms with Gasteiger partial charge in [-0.15, -0.1) is 0 Å². The fourth-order valence-electron chi connectivity index (χ4n) is 2.52. The first-order valence-corrected chi connectivity index (χ1v) is 10.9. The van der Waals surface area contributed by atoms with Gasteiger partial charge in [-0.1, -0.05) is 41.4 Å². The van der Waals surface area contributed by atoms with Gasteiger partial charge in [-0.3, -0.25) is 9.10 Å². The lowest BCUT2D eigenvalue weighted by Gasteiger charge is -2.22. The van der Waals surface area contributed by atoms with E-state index < -0.39 is 22.5 Å². The Labute approximate surface area is 175 Å². The van der Waals surface area contributed by atoms with Crippen LogP contribution in [-0.2, 0) is 14.8 Å². The SMILES string of the molecule is Cc1ccc(/C=N\NC(=O)CN(c2cccc(Cl)c2Cl)S(C)(=O)=O)c(C)c1C. The molecule has 2 aromatic rings. The summed E-state index contributed by atoms with van der Waals surface area (Å²) < 4.78 is 25.2. The van der Waals surface area contributed by atoms with Crippen molar-refractivity contribution >= 4 is 51.0 Å². The molecule has 0 saturated heterocycles. The van der Waals surface area contributed by atoms with Gasteiger partial charge in [0.15, 0.2) is 0 Å². The van der Waals surface area contributed by atoms with E-state index in [9.17, 15) is 13.2 Å². The third-order valence-electron chi connectivity index (χ3n) is 4.38. The Morgan fingerprint density at radius 1 is 1.14 bits per heavy atom. The van der Waals surface area contributed by atoms with Gasteiger partial charge >= 0.3 is 0 Å². The highest BCUT2D eigenvalue weighted by Crippen LogP contribution is 2.33. The van der Waals surface area contributed by atoms with E-state index in [4.69, 9.17) is 23.2 Å². The van der Waals surface area contributed by atoms with Crippen LogP contribution in [0.25, 0.3) is 0 Å². The standard InChI is InChI=1S/C19H21Cl2N3O3S/c1-12-8-9-15(14(3)13(12)2)10-22-23-18(25)11-24(28(4,26)27)17-7-5-6-16(20)19(17)21/h5-10H,11H2,1-4H3,(H,23,25)/b22-10-. The first-order valence-electron chi connectivity index (χ1n) is 8.32. The molecular weight excluding hydrogens is 421 g/mol. The van der Waals surface area contributed by atoms with Crippen LogP contribution in [0.1, 0.15) is 22.3 Å².